The predicted octanol–water partition coefficient (Wildman–Crippen LogP) is 4.05. The van der Waals surface area contributed by atoms with Gasteiger partial charge in [0.05, 0.1) is 10.0 Å². The molecule has 5 heteroatoms. The topological polar surface area (TPSA) is 61.0 Å². The van der Waals surface area contributed by atoms with E-state index < -0.39 is 0 Å². The summed E-state index contributed by atoms with van der Waals surface area (Å²) in [6.45, 7) is 6.09. The van der Waals surface area contributed by atoms with E-state index in [-0.39, 0.29) is 5.92 Å². The van der Waals surface area contributed by atoms with Crippen molar-refractivity contribution in [3.05, 3.63) is 40.1 Å². The molecule has 0 saturated carbocycles. The van der Waals surface area contributed by atoms with Gasteiger partial charge in [-0.25, -0.2) is 9.97 Å². The van der Waals surface area contributed by atoms with Crippen molar-refractivity contribution in [3.8, 4) is 11.6 Å². The fourth-order valence-electron chi connectivity index (χ4n) is 1.81. The van der Waals surface area contributed by atoms with Gasteiger partial charge in [0, 0.05) is 0 Å². The number of benzene rings is 1. The van der Waals surface area contributed by atoms with Gasteiger partial charge in [0.2, 0.25) is 5.88 Å². The van der Waals surface area contributed by atoms with Crippen molar-refractivity contribution in [3.63, 3.8) is 0 Å². The number of nitrogens with zero attached hydrogens (tertiary/aromatic N) is 2. The number of hydrogen-bond donors (Lipinski definition) is 1. The van der Waals surface area contributed by atoms with Gasteiger partial charge in [-0.1, -0.05) is 19.9 Å². The van der Waals surface area contributed by atoms with Gasteiger partial charge in [-0.3, -0.25) is 0 Å². The van der Waals surface area contributed by atoms with Crippen LogP contribution in [0.4, 0.5) is 5.82 Å². The summed E-state index contributed by atoms with van der Waals surface area (Å²) in [4.78, 5) is 8.20. The Hall–Kier alpha value is -1.62. The van der Waals surface area contributed by atoms with Crippen LogP contribution in [0.5, 0.6) is 11.6 Å². The maximum absolute atomic E-state index is 5.90. The summed E-state index contributed by atoms with van der Waals surface area (Å²) in [5.41, 5.74) is 7.88. The molecule has 2 rings (SSSR count). The molecule has 1 aromatic heterocycles. The lowest BCUT2D eigenvalue weighted by Gasteiger charge is -2.14. The molecule has 0 saturated heterocycles. The molecule has 19 heavy (non-hydrogen) atoms. The number of anilines is 1. The minimum absolute atomic E-state index is 0.195. The Labute approximate surface area is 121 Å². The third-order valence-corrected chi connectivity index (χ3v) is 3.37. The lowest BCUT2D eigenvalue weighted by atomic mass is 10.1. The average Bonchev–Trinajstić information content (AvgIpc) is 2.32. The van der Waals surface area contributed by atoms with Crippen molar-refractivity contribution in [1.29, 1.82) is 0 Å². The fourth-order valence-corrected chi connectivity index (χ4v) is 2.38. The Kier molecular flexibility index (Phi) is 4.04. The predicted molar refractivity (Wildman–Crippen MR) is 79.5 cm³/mol. The zero-order chi connectivity index (χ0) is 14.0. The quantitative estimate of drug-likeness (QED) is 0.926. The van der Waals surface area contributed by atoms with Gasteiger partial charge < -0.3 is 10.5 Å². The Balaban J connectivity index is 2.41. The SMILES string of the molecule is Cc1ccc(Oc2ncnc(N)c2C(C)C)c(Br)c1. The highest BCUT2D eigenvalue weighted by molar-refractivity contribution is 9.10. The van der Waals surface area contributed by atoms with Crippen molar-refractivity contribution >= 4 is 21.7 Å². The monoisotopic (exact) mass is 321 g/mol. The average molecular weight is 322 g/mol. The molecule has 0 bridgehead atoms. The highest BCUT2D eigenvalue weighted by Crippen LogP contribution is 2.34. The third kappa shape index (κ3) is 3.04. The zero-order valence-corrected chi connectivity index (χ0v) is 12.7. The van der Waals surface area contributed by atoms with Crippen LogP contribution in [0.25, 0.3) is 0 Å². The van der Waals surface area contributed by atoms with Gasteiger partial charge in [0.25, 0.3) is 0 Å². The number of hydrogen-bond acceptors (Lipinski definition) is 4. The van der Waals surface area contributed by atoms with Crippen molar-refractivity contribution in [1.82, 2.24) is 9.97 Å². The first-order chi connectivity index (χ1) is 8.99. The minimum Gasteiger partial charge on any atom is -0.437 e. The van der Waals surface area contributed by atoms with E-state index in [9.17, 15) is 0 Å². The van der Waals surface area contributed by atoms with Crippen LogP contribution in [-0.4, -0.2) is 9.97 Å². The van der Waals surface area contributed by atoms with Crippen molar-refractivity contribution < 1.29 is 4.74 Å². The van der Waals surface area contributed by atoms with E-state index in [4.69, 9.17) is 10.5 Å². The van der Waals surface area contributed by atoms with Crippen molar-refractivity contribution in [2.45, 2.75) is 26.7 Å². The number of aryl methyl sites for hydroxylation is 1. The van der Waals surface area contributed by atoms with Crippen LogP contribution in [0.2, 0.25) is 0 Å². The van der Waals surface area contributed by atoms with Crippen LogP contribution < -0.4 is 10.5 Å². The lowest BCUT2D eigenvalue weighted by Crippen LogP contribution is -2.04. The Morgan fingerprint density at radius 2 is 2.00 bits per heavy atom. The molecule has 0 amide bonds. The summed E-state index contributed by atoms with van der Waals surface area (Å²) >= 11 is 3.49. The molecule has 0 aliphatic rings. The molecule has 0 fully saturated rings. The Morgan fingerprint density at radius 1 is 1.26 bits per heavy atom. The molecule has 0 aliphatic carbocycles. The van der Waals surface area contributed by atoms with E-state index in [1.54, 1.807) is 0 Å². The van der Waals surface area contributed by atoms with E-state index in [2.05, 4.69) is 25.9 Å². The van der Waals surface area contributed by atoms with E-state index in [0.717, 1.165) is 15.6 Å². The van der Waals surface area contributed by atoms with Gasteiger partial charge in [0.1, 0.15) is 17.9 Å². The first-order valence-electron chi connectivity index (χ1n) is 6.03. The molecule has 1 heterocycles. The van der Waals surface area contributed by atoms with Crippen LogP contribution >= 0.6 is 15.9 Å². The highest BCUT2D eigenvalue weighted by Gasteiger charge is 2.15. The van der Waals surface area contributed by atoms with Gasteiger partial charge in [-0.2, -0.15) is 0 Å². The second-order valence-electron chi connectivity index (χ2n) is 4.67. The number of ether oxygens (including phenoxy) is 1. The lowest BCUT2D eigenvalue weighted by molar-refractivity contribution is 0.449. The Bertz CT molecular complexity index is 599. The molecule has 2 aromatic rings. The molecule has 100 valence electrons. The van der Waals surface area contributed by atoms with E-state index in [0.29, 0.717) is 17.4 Å². The van der Waals surface area contributed by atoms with Crippen LogP contribution in [-0.2, 0) is 0 Å². The minimum atomic E-state index is 0.195. The smallest absolute Gasteiger partial charge is 0.227 e. The molecule has 4 nitrogen and oxygen atoms in total. The number of rotatable bonds is 3. The summed E-state index contributed by atoms with van der Waals surface area (Å²) in [6, 6.07) is 5.89. The maximum atomic E-state index is 5.90. The maximum Gasteiger partial charge on any atom is 0.227 e. The van der Waals surface area contributed by atoms with Crippen molar-refractivity contribution in [2.24, 2.45) is 0 Å². The van der Waals surface area contributed by atoms with Crippen LogP contribution in [0.1, 0.15) is 30.9 Å². The molecule has 0 radical (unpaired) electrons. The normalized spacial score (nSPS) is 10.8. The van der Waals surface area contributed by atoms with Gasteiger partial charge in [-0.05, 0) is 46.5 Å². The largest absolute Gasteiger partial charge is 0.437 e. The van der Waals surface area contributed by atoms with Gasteiger partial charge in [0.15, 0.2) is 0 Å². The van der Waals surface area contributed by atoms with Crippen LogP contribution in [0.15, 0.2) is 29.0 Å². The van der Waals surface area contributed by atoms with E-state index in [1.807, 2.05) is 39.0 Å². The first-order valence-corrected chi connectivity index (χ1v) is 6.82. The zero-order valence-electron chi connectivity index (χ0n) is 11.1. The van der Waals surface area contributed by atoms with Crippen LogP contribution in [0.3, 0.4) is 0 Å². The first kappa shape index (κ1) is 13.8. The van der Waals surface area contributed by atoms with Crippen molar-refractivity contribution in [2.75, 3.05) is 5.73 Å². The molecule has 1 aromatic carbocycles. The third-order valence-electron chi connectivity index (χ3n) is 2.75. The summed E-state index contributed by atoms with van der Waals surface area (Å²) in [5.74, 6) is 1.88. The molecule has 0 unspecified atom stereocenters. The van der Waals surface area contributed by atoms with E-state index >= 15 is 0 Å². The van der Waals surface area contributed by atoms with E-state index in [1.165, 1.54) is 6.33 Å². The van der Waals surface area contributed by atoms with Crippen LogP contribution in [0, 0.1) is 6.92 Å². The molecular weight excluding hydrogens is 306 g/mol. The summed E-state index contributed by atoms with van der Waals surface area (Å²) in [6.07, 6.45) is 1.42. The number of aromatic nitrogens is 2. The molecule has 2 N–H and O–H groups in total. The van der Waals surface area contributed by atoms with Gasteiger partial charge in [-0.15, -0.1) is 0 Å². The summed E-state index contributed by atoms with van der Waals surface area (Å²) in [7, 11) is 0. The standard InChI is InChI=1S/C14H16BrN3O/c1-8(2)12-13(16)17-7-18-14(12)19-11-5-4-9(3)6-10(11)15/h4-8H,1-3H3,(H2,16,17,18). The molecular formula is C14H16BrN3O. The fraction of sp³-hybridized carbons (Fsp3) is 0.286. The summed E-state index contributed by atoms with van der Waals surface area (Å²) in [5, 5.41) is 0. The molecule has 0 spiro atoms. The highest BCUT2D eigenvalue weighted by atomic mass is 79.9. The molecule has 0 aliphatic heterocycles. The Morgan fingerprint density at radius 3 is 2.63 bits per heavy atom. The summed E-state index contributed by atoms with van der Waals surface area (Å²) < 4.78 is 6.75. The molecule has 0 atom stereocenters. The second kappa shape index (κ2) is 5.57. The number of halogens is 1. The van der Waals surface area contributed by atoms with Gasteiger partial charge >= 0.3 is 0 Å². The second-order valence-corrected chi connectivity index (χ2v) is 5.52. The number of nitrogen functional groups attached to an aromatic ring is 1. The number of nitrogens with two attached hydrogens (primary N) is 1.